The second-order valence-electron chi connectivity index (χ2n) is 6.99. The Kier molecular flexibility index (Phi) is 5.00. The van der Waals surface area contributed by atoms with Gasteiger partial charge in [0.25, 0.3) is 11.9 Å². The zero-order valence-electron chi connectivity index (χ0n) is 15.3. The minimum atomic E-state index is -0.663. The van der Waals surface area contributed by atoms with Crippen molar-refractivity contribution in [3.63, 3.8) is 0 Å². The van der Waals surface area contributed by atoms with Crippen LogP contribution in [-0.2, 0) is 9.47 Å². The van der Waals surface area contributed by atoms with E-state index in [1.54, 1.807) is 30.3 Å². The lowest BCUT2D eigenvalue weighted by Gasteiger charge is -2.15. The van der Waals surface area contributed by atoms with E-state index in [9.17, 15) is 9.90 Å². The minimum Gasteiger partial charge on any atom is -0.456 e. The summed E-state index contributed by atoms with van der Waals surface area (Å²) in [4.78, 5) is 24.1. The predicted octanol–water partition coefficient (Wildman–Crippen LogP) is 2.42. The molecule has 4 heterocycles. The van der Waals surface area contributed by atoms with Crippen LogP contribution in [0.1, 0.15) is 10.4 Å². The number of aliphatic hydroxyl groups excluding tert-OH is 1. The molecule has 9 nitrogen and oxygen atoms in total. The number of ether oxygens (including phenoxy) is 3. The quantitative estimate of drug-likeness (QED) is 0.558. The zero-order valence-corrected chi connectivity index (χ0v) is 16.9. The lowest BCUT2D eigenvalue weighted by Crippen LogP contribution is -2.34. The van der Waals surface area contributed by atoms with Gasteiger partial charge in [-0.25, -0.2) is 4.98 Å². The lowest BCUT2D eigenvalue weighted by molar-refractivity contribution is 0.00706. The Hall–Kier alpha value is -2.43. The molecule has 5 rings (SSSR count). The van der Waals surface area contributed by atoms with Gasteiger partial charge in [0, 0.05) is 0 Å². The van der Waals surface area contributed by atoms with Crippen LogP contribution in [0.4, 0.5) is 5.82 Å². The SMILES string of the molecule is O=C(Nc1nc2nc(O[C@@H]3CO[C@H]4[C@@H]3OC[C@H]4O)[nH]c2cc1Cl)c1ccccc1Cl. The third-order valence-electron chi connectivity index (χ3n) is 5.00. The van der Waals surface area contributed by atoms with Crippen molar-refractivity contribution in [2.75, 3.05) is 18.5 Å². The molecule has 3 N–H and O–H groups in total. The Morgan fingerprint density at radius 1 is 1.17 bits per heavy atom. The smallest absolute Gasteiger partial charge is 0.296 e. The first-order valence-corrected chi connectivity index (χ1v) is 9.95. The number of H-pyrrole nitrogens is 1. The molecular weight excluding hydrogens is 435 g/mol. The molecule has 1 amide bonds. The molecule has 30 heavy (non-hydrogen) atoms. The van der Waals surface area contributed by atoms with Gasteiger partial charge in [-0.1, -0.05) is 35.3 Å². The Bertz CT molecular complexity index is 1120. The fourth-order valence-electron chi connectivity index (χ4n) is 3.55. The van der Waals surface area contributed by atoms with Crippen molar-refractivity contribution in [3.8, 4) is 6.01 Å². The number of aromatic nitrogens is 3. The molecule has 2 aromatic heterocycles. The van der Waals surface area contributed by atoms with E-state index in [-0.39, 0.29) is 36.2 Å². The van der Waals surface area contributed by atoms with Crippen LogP contribution >= 0.6 is 23.2 Å². The van der Waals surface area contributed by atoms with Gasteiger partial charge in [-0.05, 0) is 18.2 Å². The van der Waals surface area contributed by atoms with Crippen molar-refractivity contribution in [1.82, 2.24) is 15.0 Å². The van der Waals surface area contributed by atoms with E-state index >= 15 is 0 Å². The highest BCUT2D eigenvalue weighted by molar-refractivity contribution is 6.36. The van der Waals surface area contributed by atoms with Gasteiger partial charge >= 0.3 is 0 Å². The Morgan fingerprint density at radius 2 is 1.97 bits per heavy atom. The van der Waals surface area contributed by atoms with Crippen LogP contribution < -0.4 is 10.1 Å². The van der Waals surface area contributed by atoms with Gasteiger partial charge in [-0.15, -0.1) is 0 Å². The number of amides is 1. The zero-order chi connectivity index (χ0) is 20.8. The molecule has 0 radical (unpaired) electrons. The number of carbonyl (C=O) groups is 1. The number of aromatic amines is 1. The average Bonchev–Trinajstić information content (AvgIpc) is 3.40. The average molecular weight is 451 g/mol. The number of pyridine rings is 1. The molecule has 2 aliphatic rings. The number of anilines is 1. The topological polar surface area (TPSA) is 119 Å². The molecule has 0 aliphatic carbocycles. The fraction of sp³-hybridized carbons (Fsp3) is 0.316. The fourth-order valence-corrected chi connectivity index (χ4v) is 3.97. The maximum absolute atomic E-state index is 12.5. The summed E-state index contributed by atoms with van der Waals surface area (Å²) < 4.78 is 16.9. The first-order chi connectivity index (χ1) is 14.5. The van der Waals surface area contributed by atoms with Crippen LogP contribution in [0.5, 0.6) is 6.01 Å². The lowest BCUT2D eigenvalue weighted by atomic mass is 10.1. The Morgan fingerprint density at radius 3 is 2.80 bits per heavy atom. The minimum absolute atomic E-state index is 0.152. The first-order valence-electron chi connectivity index (χ1n) is 9.19. The maximum atomic E-state index is 12.5. The molecule has 4 atom stereocenters. The van der Waals surface area contributed by atoms with Crippen molar-refractivity contribution < 1.29 is 24.1 Å². The van der Waals surface area contributed by atoms with Gasteiger partial charge in [-0.3, -0.25) is 4.79 Å². The molecule has 0 spiro atoms. The number of nitrogens with one attached hydrogen (secondary N) is 2. The number of nitrogens with zero attached hydrogens (tertiary/aromatic N) is 2. The van der Waals surface area contributed by atoms with E-state index < -0.39 is 24.2 Å². The van der Waals surface area contributed by atoms with E-state index in [0.29, 0.717) is 21.7 Å². The molecule has 11 heteroatoms. The largest absolute Gasteiger partial charge is 0.456 e. The van der Waals surface area contributed by atoms with Gasteiger partial charge in [0.05, 0.1) is 34.3 Å². The second-order valence-corrected chi connectivity index (χ2v) is 7.80. The van der Waals surface area contributed by atoms with Crippen molar-refractivity contribution in [2.45, 2.75) is 24.4 Å². The van der Waals surface area contributed by atoms with Crippen molar-refractivity contribution in [1.29, 1.82) is 0 Å². The summed E-state index contributed by atoms with van der Waals surface area (Å²) in [6.07, 6.45) is -1.85. The summed E-state index contributed by atoms with van der Waals surface area (Å²) in [5.74, 6) is -0.286. The molecule has 3 aromatic rings. The van der Waals surface area contributed by atoms with E-state index in [4.69, 9.17) is 37.4 Å². The number of benzene rings is 1. The molecule has 2 aliphatic heterocycles. The molecule has 2 saturated heterocycles. The number of aliphatic hydroxyl groups is 1. The van der Waals surface area contributed by atoms with Gasteiger partial charge in [0.15, 0.2) is 17.6 Å². The monoisotopic (exact) mass is 450 g/mol. The molecule has 156 valence electrons. The Labute approximate surface area is 180 Å². The number of hydrogen-bond acceptors (Lipinski definition) is 7. The Balaban J connectivity index is 1.36. The summed E-state index contributed by atoms with van der Waals surface area (Å²) >= 11 is 12.3. The summed E-state index contributed by atoms with van der Waals surface area (Å²) in [7, 11) is 0. The third-order valence-corrected chi connectivity index (χ3v) is 5.62. The summed E-state index contributed by atoms with van der Waals surface area (Å²) in [5, 5.41) is 13.0. The number of imidazole rings is 1. The van der Waals surface area contributed by atoms with Crippen LogP contribution in [0.25, 0.3) is 11.2 Å². The molecule has 1 aromatic carbocycles. The highest BCUT2D eigenvalue weighted by Crippen LogP contribution is 2.31. The first kappa shape index (κ1) is 19.5. The highest BCUT2D eigenvalue weighted by atomic mass is 35.5. The molecule has 0 unspecified atom stereocenters. The van der Waals surface area contributed by atoms with Crippen molar-refractivity contribution in [2.24, 2.45) is 0 Å². The molecule has 0 bridgehead atoms. The standard InChI is InChI=1S/C19H16Cl2N4O5/c20-9-4-2-1-3-8(9)18(27)24-16-10(21)5-11-17(23-16)25-19(22-11)30-13-7-29-14-12(26)6-28-15(13)14/h1-5,12-15,26H,6-7H2,(H2,22,23,24,25,27)/t12-,13-,14-,15-/m1/s1. The van der Waals surface area contributed by atoms with Crippen molar-refractivity contribution in [3.05, 3.63) is 45.9 Å². The summed E-state index contributed by atoms with van der Waals surface area (Å²) in [6, 6.07) is 8.47. The van der Waals surface area contributed by atoms with E-state index in [2.05, 4.69) is 20.3 Å². The van der Waals surface area contributed by atoms with Gasteiger partial charge in [0.1, 0.15) is 18.3 Å². The second kappa shape index (κ2) is 7.68. The summed E-state index contributed by atoms with van der Waals surface area (Å²) in [5.41, 5.74) is 1.15. The van der Waals surface area contributed by atoms with Crippen LogP contribution in [0.15, 0.2) is 30.3 Å². The van der Waals surface area contributed by atoms with Crippen molar-refractivity contribution >= 4 is 46.1 Å². The molecular formula is C19H16Cl2N4O5. The van der Waals surface area contributed by atoms with Crippen LogP contribution in [0.3, 0.4) is 0 Å². The van der Waals surface area contributed by atoms with Gasteiger partial charge in [-0.2, -0.15) is 4.98 Å². The van der Waals surface area contributed by atoms with E-state index in [1.165, 1.54) is 0 Å². The number of carbonyl (C=O) groups excluding carboxylic acids is 1. The highest BCUT2D eigenvalue weighted by Gasteiger charge is 2.48. The van der Waals surface area contributed by atoms with E-state index in [0.717, 1.165) is 0 Å². The van der Waals surface area contributed by atoms with Gasteiger partial charge < -0.3 is 29.6 Å². The van der Waals surface area contributed by atoms with Crippen LogP contribution in [0.2, 0.25) is 10.0 Å². The molecule has 0 saturated carbocycles. The predicted molar refractivity (Wildman–Crippen MR) is 108 cm³/mol. The molecule has 2 fully saturated rings. The van der Waals surface area contributed by atoms with E-state index in [1.807, 2.05) is 0 Å². The van der Waals surface area contributed by atoms with Crippen LogP contribution in [-0.4, -0.2) is 63.6 Å². The normalized spacial score (nSPS) is 25.4. The number of fused-ring (bicyclic) bond motifs is 2. The third kappa shape index (κ3) is 3.48. The van der Waals surface area contributed by atoms with Crippen LogP contribution in [0, 0.1) is 0 Å². The van der Waals surface area contributed by atoms with Gasteiger partial charge in [0.2, 0.25) is 0 Å². The summed E-state index contributed by atoms with van der Waals surface area (Å²) in [6.45, 7) is 0.484. The maximum Gasteiger partial charge on any atom is 0.296 e. The number of halogens is 2. The number of hydrogen-bond donors (Lipinski definition) is 3. The number of rotatable bonds is 4.